The first kappa shape index (κ1) is 14.9. The van der Waals surface area contributed by atoms with E-state index in [1.807, 2.05) is 12.1 Å². The van der Waals surface area contributed by atoms with E-state index >= 15 is 0 Å². The number of fused-ring (bicyclic) bond motifs is 1. The van der Waals surface area contributed by atoms with Crippen molar-refractivity contribution in [1.82, 2.24) is 4.98 Å². The number of phenolic OH excluding ortho intramolecular Hbond substituents is 1. The van der Waals surface area contributed by atoms with Gasteiger partial charge in [-0.1, -0.05) is 41.9 Å². The molecule has 0 unspecified atom stereocenters. The minimum atomic E-state index is -1.14. The van der Waals surface area contributed by atoms with Crippen molar-refractivity contribution in [3.05, 3.63) is 59.2 Å². The molecule has 0 radical (unpaired) electrons. The number of nitrogens with zero attached hydrogens (tertiary/aromatic N) is 3. The Morgan fingerprint density at radius 1 is 1.09 bits per heavy atom. The Morgan fingerprint density at radius 2 is 1.87 bits per heavy atom. The van der Waals surface area contributed by atoms with Crippen molar-refractivity contribution in [1.29, 1.82) is 0 Å². The zero-order valence-electron chi connectivity index (χ0n) is 11.6. The van der Waals surface area contributed by atoms with Crippen LogP contribution in [0.5, 0.6) is 5.75 Å². The van der Waals surface area contributed by atoms with Gasteiger partial charge in [0.15, 0.2) is 11.6 Å². The third-order valence-electron chi connectivity index (χ3n) is 3.17. The number of aromatic hydroxyl groups is 1. The number of aromatic nitrogens is 1. The van der Waals surface area contributed by atoms with Gasteiger partial charge in [-0.05, 0) is 23.6 Å². The number of hydrogen-bond acceptors (Lipinski definition) is 5. The van der Waals surface area contributed by atoms with Gasteiger partial charge in [0.25, 0.3) is 0 Å². The summed E-state index contributed by atoms with van der Waals surface area (Å²) >= 11 is 5.76. The van der Waals surface area contributed by atoms with E-state index in [1.54, 1.807) is 24.3 Å². The molecular formula is C16H10ClN3O3. The molecular weight excluding hydrogens is 318 g/mol. The first-order chi connectivity index (χ1) is 11.0. The van der Waals surface area contributed by atoms with Crippen LogP contribution < -0.4 is 0 Å². The summed E-state index contributed by atoms with van der Waals surface area (Å²) < 4.78 is 0. The smallest absolute Gasteiger partial charge is 0.335 e. The summed E-state index contributed by atoms with van der Waals surface area (Å²) in [6, 6.07) is 13.2. The van der Waals surface area contributed by atoms with Crippen molar-refractivity contribution in [2.45, 2.75) is 0 Å². The van der Waals surface area contributed by atoms with Gasteiger partial charge in [-0.3, -0.25) is 0 Å². The lowest BCUT2D eigenvalue weighted by molar-refractivity contribution is 0.0696. The predicted molar refractivity (Wildman–Crippen MR) is 86.0 cm³/mol. The van der Waals surface area contributed by atoms with Crippen molar-refractivity contribution >= 4 is 39.8 Å². The predicted octanol–water partition coefficient (Wildman–Crippen LogP) is 4.71. The maximum atomic E-state index is 11.0. The summed E-state index contributed by atoms with van der Waals surface area (Å²) in [6.07, 6.45) is 0. The molecule has 0 aliphatic carbocycles. The zero-order chi connectivity index (χ0) is 16.4. The molecule has 0 atom stereocenters. The second kappa shape index (κ2) is 6.02. The van der Waals surface area contributed by atoms with Crippen LogP contribution >= 0.6 is 11.6 Å². The van der Waals surface area contributed by atoms with E-state index < -0.39 is 5.97 Å². The Labute approximate surface area is 135 Å². The van der Waals surface area contributed by atoms with Crippen LogP contribution in [0.1, 0.15) is 10.4 Å². The fourth-order valence-corrected chi connectivity index (χ4v) is 2.29. The van der Waals surface area contributed by atoms with Crippen molar-refractivity contribution in [2.75, 3.05) is 0 Å². The maximum Gasteiger partial charge on any atom is 0.335 e. The van der Waals surface area contributed by atoms with E-state index in [4.69, 9.17) is 16.7 Å². The molecule has 0 bridgehead atoms. The maximum absolute atomic E-state index is 11.0. The van der Waals surface area contributed by atoms with E-state index in [9.17, 15) is 9.90 Å². The van der Waals surface area contributed by atoms with Crippen LogP contribution in [-0.2, 0) is 0 Å². The Morgan fingerprint density at radius 3 is 2.65 bits per heavy atom. The van der Waals surface area contributed by atoms with E-state index in [-0.39, 0.29) is 28.0 Å². The molecule has 7 heteroatoms. The number of benzene rings is 2. The Kier molecular flexibility index (Phi) is 3.91. The van der Waals surface area contributed by atoms with Crippen molar-refractivity contribution in [3.8, 4) is 5.75 Å². The summed E-state index contributed by atoms with van der Waals surface area (Å²) in [6.45, 7) is 0. The van der Waals surface area contributed by atoms with Crippen LogP contribution in [-0.4, -0.2) is 21.2 Å². The van der Waals surface area contributed by atoms with Crippen LogP contribution in [0.25, 0.3) is 10.8 Å². The highest BCUT2D eigenvalue weighted by Crippen LogP contribution is 2.35. The summed E-state index contributed by atoms with van der Waals surface area (Å²) in [4.78, 5) is 14.9. The van der Waals surface area contributed by atoms with Crippen LogP contribution in [0, 0.1) is 0 Å². The second-order valence-corrected chi connectivity index (χ2v) is 5.08. The van der Waals surface area contributed by atoms with E-state index in [2.05, 4.69) is 15.2 Å². The number of aromatic carboxylic acids is 1. The van der Waals surface area contributed by atoms with Gasteiger partial charge in [0.05, 0.1) is 5.56 Å². The van der Waals surface area contributed by atoms with E-state index in [1.165, 1.54) is 12.1 Å². The number of halogens is 1. The molecule has 2 aromatic carbocycles. The van der Waals surface area contributed by atoms with Gasteiger partial charge >= 0.3 is 5.97 Å². The molecule has 0 saturated heterocycles. The molecule has 0 aliphatic heterocycles. The highest BCUT2D eigenvalue weighted by molar-refractivity contribution is 6.29. The highest BCUT2D eigenvalue weighted by Gasteiger charge is 2.08. The molecule has 0 fully saturated rings. The van der Waals surface area contributed by atoms with Gasteiger partial charge < -0.3 is 10.2 Å². The van der Waals surface area contributed by atoms with Crippen molar-refractivity contribution in [3.63, 3.8) is 0 Å². The summed E-state index contributed by atoms with van der Waals surface area (Å²) in [5.41, 5.74) is 0.212. The van der Waals surface area contributed by atoms with Gasteiger partial charge in [0, 0.05) is 5.39 Å². The number of azo groups is 1. The molecule has 23 heavy (non-hydrogen) atoms. The number of carbonyl (C=O) groups is 1. The second-order valence-electron chi connectivity index (χ2n) is 4.70. The normalized spacial score (nSPS) is 11.2. The molecule has 0 spiro atoms. The third kappa shape index (κ3) is 3.12. The number of rotatable bonds is 3. The summed E-state index contributed by atoms with van der Waals surface area (Å²) in [7, 11) is 0. The monoisotopic (exact) mass is 327 g/mol. The van der Waals surface area contributed by atoms with Gasteiger partial charge in [-0.2, -0.15) is 0 Å². The standard InChI is InChI=1S/C16H10ClN3O3/c17-13-7-10(16(22)23)8-14(18-13)20-19-12-6-5-9-3-1-2-4-11(9)15(12)21/h1-8,21H,(H,22,23). The number of phenols is 1. The molecule has 114 valence electrons. The lowest BCUT2D eigenvalue weighted by Crippen LogP contribution is -1.96. The summed E-state index contributed by atoms with van der Waals surface area (Å²) in [5.74, 6) is -1.10. The van der Waals surface area contributed by atoms with E-state index in [0.29, 0.717) is 5.39 Å². The molecule has 2 N–H and O–H groups in total. The number of carboxylic acid groups (broad SMARTS) is 1. The minimum absolute atomic E-state index is 0.00147. The average Bonchev–Trinajstić information content (AvgIpc) is 2.54. The van der Waals surface area contributed by atoms with Crippen LogP contribution in [0.4, 0.5) is 11.5 Å². The molecule has 0 amide bonds. The molecule has 1 aromatic heterocycles. The fourth-order valence-electron chi connectivity index (χ4n) is 2.09. The first-order valence-electron chi connectivity index (χ1n) is 6.58. The molecule has 3 rings (SSSR count). The molecule has 1 heterocycles. The number of hydrogen-bond donors (Lipinski definition) is 2. The highest BCUT2D eigenvalue weighted by atomic mass is 35.5. The minimum Gasteiger partial charge on any atom is -0.505 e. The van der Waals surface area contributed by atoms with Gasteiger partial charge in [0.1, 0.15) is 10.8 Å². The van der Waals surface area contributed by atoms with Crippen LogP contribution in [0.15, 0.2) is 58.8 Å². The fraction of sp³-hybridized carbons (Fsp3) is 0. The lowest BCUT2D eigenvalue weighted by Gasteiger charge is -2.03. The topological polar surface area (TPSA) is 95.1 Å². The van der Waals surface area contributed by atoms with Gasteiger partial charge in [0.2, 0.25) is 0 Å². The number of pyridine rings is 1. The Hall–Kier alpha value is -2.99. The number of carboxylic acids is 1. The van der Waals surface area contributed by atoms with Gasteiger partial charge in [-0.15, -0.1) is 10.2 Å². The Balaban J connectivity index is 2.00. The van der Waals surface area contributed by atoms with Crippen molar-refractivity contribution in [2.24, 2.45) is 10.2 Å². The molecule has 3 aromatic rings. The van der Waals surface area contributed by atoms with Crippen LogP contribution in [0.2, 0.25) is 5.15 Å². The summed E-state index contributed by atoms with van der Waals surface area (Å²) in [5, 5.41) is 28.5. The largest absolute Gasteiger partial charge is 0.505 e. The molecule has 0 saturated carbocycles. The quantitative estimate of drug-likeness (QED) is 0.538. The average molecular weight is 328 g/mol. The van der Waals surface area contributed by atoms with Gasteiger partial charge in [-0.25, -0.2) is 9.78 Å². The molecule has 0 aliphatic rings. The molecule has 6 nitrogen and oxygen atoms in total. The Bertz CT molecular complexity index is 941. The zero-order valence-corrected chi connectivity index (χ0v) is 12.4. The van der Waals surface area contributed by atoms with Crippen molar-refractivity contribution < 1.29 is 15.0 Å². The van der Waals surface area contributed by atoms with Crippen LogP contribution in [0.3, 0.4) is 0 Å². The third-order valence-corrected chi connectivity index (χ3v) is 3.36. The first-order valence-corrected chi connectivity index (χ1v) is 6.96. The lowest BCUT2D eigenvalue weighted by atomic mass is 10.1. The SMILES string of the molecule is O=C(O)c1cc(Cl)nc(N=Nc2ccc3ccccc3c2O)c1. The van der Waals surface area contributed by atoms with E-state index in [0.717, 1.165) is 5.39 Å².